The maximum Gasteiger partial charge on any atom is 0.336 e. The first-order valence-corrected chi connectivity index (χ1v) is 12.0. The SMILES string of the molecule is CCOc1ccc([C@H]2C(C(=O)OC)=C(C)NC3=C2C(=O)[C@@H](C(=O)OC)[C@H](c2cccs2)C3)cc1. The average molecular weight is 482 g/mol. The third kappa shape index (κ3) is 4.14. The molecule has 34 heavy (non-hydrogen) atoms. The Morgan fingerprint density at radius 2 is 1.85 bits per heavy atom. The maximum absolute atomic E-state index is 14.0. The topological polar surface area (TPSA) is 90.9 Å². The van der Waals surface area contributed by atoms with Gasteiger partial charge in [-0.15, -0.1) is 11.3 Å². The highest BCUT2D eigenvalue weighted by molar-refractivity contribution is 7.10. The van der Waals surface area contributed by atoms with Crippen LogP contribution in [0.1, 0.15) is 42.5 Å². The minimum atomic E-state index is -0.994. The molecule has 4 rings (SSSR count). The van der Waals surface area contributed by atoms with Gasteiger partial charge < -0.3 is 19.5 Å². The number of ether oxygens (including phenoxy) is 3. The summed E-state index contributed by atoms with van der Waals surface area (Å²) in [5.74, 6) is -2.78. The molecule has 2 heterocycles. The number of esters is 2. The molecule has 1 aliphatic heterocycles. The number of allylic oxidation sites excluding steroid dienone is 3. The minimum Gasteiger partial charge on any atom is -0.494 e. The Labute approximate surface area is 202 Å². The fourth-order valence-electron chi connectivity index (χ4n) is 4.84. The van der Waals surface area contributed by atoms with E-state index >= 15 is 0 Å². The van der Waals surface area contributed by atoms with E-state index in [0.717, 1.165) is 10.4 Å². The van der Waals surface area contributed by atoms with Gasteiger partial charge in [-0.3, -0.25) is 9.59 Å². The van der Waals surface area contributed by atoms with Crippen molar-refractivity contribution in [3.63, 3.8) is 0 Å². The molecule has 1 aromatic carbocycles. The molecule has 0 bridgehead atoms. The molecule has 1 aromatic heterocycles. The lowest BCUT2D eigenvalue weighted by atomic mass is 9.68. The summed E-state index contributed by atoms with van der Waals surface area (Å²) in [6, 6.07) is 11.1. The van der Waals surface area contributed by atoms with E-state index in [1.165, 1.54) is 25.6 Å². The van der Waals surface area contributed by atoms with E-state index in [1.807, 2.05) is 48.7 Å². The Bertz CT molecular complexity index is 1160. The Morgan fingerprint density at radius 1 is 1.12 bits per heavy atom. The van der Waals surface area contributed by atoms with Crippen molar-refractivity contribution in [2.24, 2.45) is 5.92 Å². The molecule has 0 fully saturated rings. The number of benzene rings is 1. The van der Waals surface area contributed by atoms with Crippen molar-refractivity contribution in [1.82, 2.24) is 5.32 Å². The second-order valence-corrected chi connectivity index (χ2v) is 9.15. The quantitative estimate of drug-likeness (QED) is 0.491. The Morgan fingerprint density at radius 3 is 2.44 bits per heavy atom. The summed E-state index contributed by atoms with van der Waals surface area (Å²) in [7, 11) is 2.60. The molecule has 0 saturated carbocycles. The standard InChI is InChI=1S/C26H27NO6S/c1-5-33-16-10-8-15(9-11-16)21-20(25(29)31-3)14(2)27-18-13-17(19-7-6-12-34-19)22(26(30)32-4)24(28)23(18)21/h6-12,17,21-22,27H,5,13H2,1-4H3/t17-,21-,22-/m0/s1. The number of nitrogens with one attached hydrogen (secondary N) is 1. The third-order valence-corrected chi connectivity index (χ3v) is 7.32. The van der Waals surface area contributed by atoms with Gasteiger partial charge in [-0.25, -0.2) is 4.79 Å². The molecule has 2 aliphatic rings. The van der Waals surface area contributed by atoms with Gasteiger partial charge >= 0.3 is 11.9 Å². The van der Waals surface area contributed by atoms with E-state index < -0.39 is 23.8 Å². The molecule has 0 saturated heterocycles. The van der Waals surface area contributed by atoms with E-state index in [4.69, 9.17) is 14.2 Å². The lowest BCUT2D eigenvalue weighted by Gasteiger charge is -2.39. The van der Waals surface area contributed by atoms with Crippen molar-refractivity contribution < 1.29 is 28.6 Å². The number of carbonyl (C=O) groups is 3. The average Bonchev–Trinajstić information content (AvgIpc) is 3.38. The van der Waals surface area contributed by atoms with Crippen LogP contribution in [0, 0.1) is 5.92 Å². The van der Waals surface area contributed by atoms with Crippen molar-refractivity contribution in [3.8, 4) is 5.75 Å². The van der Waals surface area contributed by atoms with Crippen molar-refractivity contribution in [3.05, 3.63) is 74.8 Å². The van der Waals surface area contributed by atoms with Crippen molar-refractivity contribution >= 4 is 29.1 Å². The van der Waals surface area contributed by atoms with Crippen LogP contribution in [0.15, 0.2) is 64.3 Å². The number of methoxy groups -OCH3 is 2. The first kappa shape index (κ1) is 23.8. The summed E-state index contributed by atoms with van der Waals surface area (Å²) in [5, 5.41) is 5.21. The number of thiophene rings is 1. The Balaban J connectivity index is 1.87. The van der Waals surface area contributed by atoms with Crippen molar-refractivity contribution in [2.75, 3.05) is 20.8 Å². The predicted molar refractivity (Wildman–Crippen MR) is 127 cm³/mol. The van der Waals surface area contributed by atoms with Gasteiger partial charge in [0, 0.05) is 33.7 Å². The molecular weight excluding hydrogens is 454 g/mol. The molecule has 2 aromatic rings. The number of ketones is 1. The number of carbonyl (C=O) groups excluding carboxylic acids is 3. The predicted octanol–water partition coefficient (Wildman–Crippen LogP) is 4.08. The summed E-state index contributed by atoms with van der Waals surface area (Å²) >= 11 is 1.51. The lowest BCUT2D eigenvalue weighted by Crippen LogP contribution is -2.43. The molecular formula is C26H27NO6S. The van der Waals surface area contributed by atoms with Gasteiger partial charge in [0.2, 0.25) is 0 Å². The Kier molecular flexibility index (Phi) is 6.88. The molecule has 0 spiro atoms. The molecule has 7 nitrogen and oxygen atoms in total. The van der Waals surface area contributed by atoms with Crippen LogP contribution in [-0.2, 0) is 23.9 Å². The van der Waals surface area contributed by atoms with Gasteiger partial charge in [-0.2, -0.15) is 0 Å². The number of hydrogen-bond donors (Lipinski definition) is 1. The van der Waals surface area contributed by atoms with Gasteiger partial charge in [0.05, 0.1) is 26.4 Å². The van der Waals surface area contributed by atoms with Crippen LogP contribution >= 0.6 is 11.3 Å². The number of hydrogen-bond acceptors (Lipinski definition) is 8. The third-order valence-electron chi connectivity index (χ3n) is 6.31. The second kappa shape index (κ2) is 9.85. The van der Waals surface area contributed by atoms with Gasteiger partial charge in [0.15, 0.2) is 5.78 Å². The lowest BCUT2D eigenvalue weighted by molar-refractivity contribution is -0.149. The first-order chi connectivity index (χ1) is 16.4. The highest BCUT2D eigenvalue weighted by atomic mass is 32.1. The van der Waals surface area contributed by atoms with E-state index in [0.29, 0.717) is 41.3 Å². The number of dihydropyridines is 1. The Hall–Kier alpha value is -3.39. The van der Waals surface area contributed by atoms with Crippen LogP contribution in [0.25, 0.3) is 0 Å². The first-order valence-electron chi connectivity index (χ1n) is 11.1. The zero-order valence-electron chi connectivity index (χ0n) is 19.5. The maximum atomic E-state index is 14.0. The molecule has 0 radical (unpaired) electrons. The summed E-state index contributed by atoms with van der Waals surface area (Å²) < 4.78 is 15.7. The van der Waals surface area contributed by atoms with Crippen molar-refractivity contribution in [2.45, 2.75) is 32.1 Å². The zero-order chi connectivity index (χ0) is 24.4. The van der Waals surface area contributed by atoms with E-state index in [-0.39, 0.29) is 11.7 Å². The van der Waals surface area contributed by atoms with Crippen LogP contribution < -0.4 is 10.1 Å². The molecule has 1 aliphatic carbocycles. The molecule has 0 amide bonds. The van der Waals surface area contributed by atoms with Gasteiger partial charge in [-0.05, 0) is 49.4 Å². The molecule has 1 N–H and O–H groups in total. The van der Waals surface area contributed by atoms with E-state index in [2.05, 4.69) is 5.32 Å². The van der Waals surface area contributed by atoms with Gasteiger partial charge in [0.1, 0.15) is 11.7 Å². The summed E-state index contributed by atoms with van der Waals surface area (Å²) in [5.41, 5.74) is 2.82. The molecule has 8 heteroatoms. The summed E-state index contributed by atoms with van der Waals surface area (Å²) in [6.45, 7) is 4.23. The second-order valence-electron chi connectivity index (χ2n) is 8.17. The summed E-state index contributed by atoms with van der Waals surface area (Å²) in [6.07, 6.45) is 0.445. The van der Waals surface area contributed by atoms with Crippen molar-refractivity contribution in [1.29, 1.82) is 0 Å². The summed E-state index contributed by atoms with van der Waals surface area (Å²) in [4.78, 5) is 40.6. The van der Waals surface area contributed by atoms with Crippen LogP contribution in [0.3, 0.4) is 0 Å². The monoisotopic (exact) mass is 481 g/mol. The molecule has 178 valence electrons. The van der Waals surface area contributed by atoms with Crippen LogP contribution in [0.5, 0.6) is 5.75 Å². The highest BCUT2D eigenvalue weighted by Crippen LogP contribution is 2.48. The zero-order valence-corrected chi connectivity index (χ0v) is 20.4. The molecule has 0 unspecified atom stereocenters. The van der Waals surface area contributed by atoms with Crippen LogP contribution in [0.2, 0.25) is 0 Å². The normalized spacial score (nSPS) is 22.1. The van der Waals surface area contributed by atoms with E-state index in [9.17, 15) is 14.4 Å². The number of rotatable bonds is 6. The van der Waals surface area contributed by atoms with Gasteiger partial charge in [0.25, 0.3) is 0 Å². The van der Waals surface area contributed by atoms with Crippen LogP contribution in [-0.4, -0.2) is 38.5 Å². The molecule has 3 atom stereocenters. The minimum absolute atomic E-state index is 0.341. The van der Waals surface area contributed by atoms with Crippen LogP contribution in [0.4, 0.5) is 0 Å². The van der Waals surface area contributed by atoms with Gasteiger partial charge in [-0.1, -0.05) is 18.2 Å². The largest absolute Gasteiger partial charge is 0.494 e. The fraction of sp³-hybridized carbons (Fsp3) is 0.346. The highest BCUT2D eigenvalue weighted by Gasteiger charge is 2.49. The number of Topliss-reactive ketones (excluding diaryl/α,β-unsaturated/α-hetero) is 1. The fourth-order valence-corrected chi connectivity index (χ4v) is 5.70. The smallest absolute Gasteiger partial charge is 0.336 e. The van der Waals surface area contributed by atoms with E-state index in [1.54, 1.807) is 6.92 Å².